The fourth-order valence-electron chi connectivity index (χ4n) is 3.38. The number of carbonyl (C=O) groups is 1. The first-order chi connectivity index (χ1) is 11.9. The number of piperidine rings is 1. The van der Waals surface area contributed by atoms with Crippen LogP contribution in [0.5, 0.6) is 0 Å². The molecule has 1 saturated heterocycles. The fourth-order valence-corrected chi connectivity index (χ4v) is 4.19. The Kier molecular flexibility index (Phi) is 5.42. The minimum absolute atomic E-state index is 0.148. The van der Waals surface area contributed by atoms with Crippen LogP contribution in [0, 0.1) is 17.7 Å². The molecule has 0 aliphatic carbocycles. The van der Waals surface area contributed by atoms with Crippen LogP contribution in [0.4, 0.5) is 4.39 Å². The molecule has 1 fully saturated rings. The average Bonchev–Trinajstić information content (AvgIpc) is 2.93. The van der Waals surface area contributed by atoms with Gasteiger partial charge in [-0.3, -0.25) is 4.79 Å². The van der Waals surface area contributed by atoms with Crippen LogP contribution < -0.4 is 0 Å². The minimum atomic E-state index is -0.281. The lowest BCUT2D eigenvalue weighted by molar-refractivity contribution is -0.130. The van der Waals surface area contributed by atoms with E-state index in [1.165, 1.54) is 30.3 Å². The number of amides is 1. The molecule has 1 aliphatic heterocycles. The van der Waals surface area contributed by atoms with Gasteiger partial charge in [0.1, 0.15) is 5.82 Å². The van der Waals surface area contributed by atoms with Gasteiger partial charge in [0.2, 0.25) is 5.91 Å². The van der Waals surface area contributed by atoms with Crippen molar-refractivity contribution in [2.45, 2.75) is 25.4 Å². The van der Waals surface area contributed by atoms with Crippen molar-refractivity contribution >= 4 is 17.7 Å². The molecule has 134 valence electrons. The molecule has 25 heavy (non-hydrogen) atoms. The predicted molar refractivity (Wildman–Crippen MR) is 96.6 cm³/mol. The van der Waals surface area contributed by atoms with Gasteiger partial charge >= 0.3 is 0 Å². The molecule has 2 heterocycles. The molecule has 1 aromatic heterocycles. The summed E-state index contributed by atoms with van der Waals surface area (Å²) < 4.78 is 14.9. The summed E-state index contributed by atoms with van der Waals surface area (Å²) >= 11 is 1.39. The van der Waals surface area contributed by atoms with E-state index >= 15 is 0 Å². The van der Waals surface area contributed by atoms with E-state index in [4.69, 9.17) is 0 Å². The maximum absolute atomic E-state index is 13.1. The standard InChI is InChI=1S/C18H23FN4OS/c1-12-8-13(2)10-23(9-12)16(24)11-25-18-21-20-17(22(18)3)14-4-6-15(19)7-5-14/h4-7,12-13H,8-11H2,1-3H3/t12-,13-/m0/s1. The molecule has 2 aromatic rings. The highest BCUT2D eigenvalue weighted by atomic mass is 32.2. The van der Waals surface area contributed by atoms with Crippen LogP contribution in [0.25, 0.3) is 11.4 Å². The van der Waals surface area contributed by atoms with Gasteiger partial charge in [-0.05, 0) is 42.5 Å². The molecule has 1 aromatic carbocycles. The lowest BCUT2D eigenvalue weighted by Crippen LogP contribution is -2.43. The van der Waals surface area contributed by atoms with Crippen molar-refractivity contribution in [3.05, 3.63) is 30.1 Å². The van der Waals surface area contributed by atoms with Gasteiger partial charge < -0.3 is 9.47 Å². The predicted octanol–water partition coefficient (Wildman–Crippen LogP) is 3.22. The Morgan fingerprint density at radius 3 is 2.48 bits per heavy atom. The number of carbonyl (C=O) groups excluding carboxylic acids is 1. The maximum atomic E-state index is 13.1. The van der Waals surface area contributed by atoms with Crippen LogP contribution in [0.2, 0.25) is 0 Å². The van der Waals surface area contributed by atoms with E-state index in [-0.39, 0.29) is 11.7 Å². The van der Waals surface area contributed by atoms with E-state index in [1.54, 1.807) is 12.1 Å². The highest BCUT2D eigenvalue weighted by Crippen LogP contribution is 2.25. The summed E-state index contributed by atoms with van der Waals surface area (Å²) in [7, 11) is 1.86. The first-order valence-corrected chi connectivity index (χ1v) is 9.48. The van der Waals surface area contributed by atoms with Crippen LogP contribution in [0.3, 0.4) is 0 Å². The van der Waals surface area contributed by atoms with Crippen molar-refractivity contribution in [2.75, 3.05) is 18.8 Å². The molecule has 0 radical (unpaired) electrons. The topological polar surface area (TPSA) is 51.0 Å². The van der Waals surface area contributed by atoms with Crippen LogP contribution >= 0.6 is 11.8 Å². The first-order valence-electron chi connectivity index (χ1n) is 8.50. The van der Waals surface area contributed by atoms with E-state index in [2.05, 4.69) is 24.0 Å². The number of thioether (sulfide) groups is 1. The van der Waals surface area contributed by atoms with Crippen LogP contribution in [-0.4, -0.2) is 44.4 Å². The normalized spacial score (nSPS) is 20.7. The van der Waals surface area contributed by atoms with Gasteiger partial charge in [0.15, 0.2) is 11.0 Å². The summed E-state index contributed by atoms with van der Waals surface area (Å²) in [5.74, 6) is 1.99. The SMILES string of the molecule is C[C@H]1C[C@H](C)CN(C(=O)CSc2nnc(-c3ccc(F)cc3)n2C)C1. The number of rotatable bonds is 4. The second kappa shape index (κ2) is 7.56. The molecular weight excluding hydrogens is 339 g/mol. The van der Waals surface area contributed by atoms with E-state index in [0.29, 0.717) is 28.6 Å². The molecule has 1 aliphatic rings. The third-order valence-corrected chi connectivity index (χ3v) is 5.49. The summed E-state index contributed by atoms with van der Waals surface area (Å²) in [5, 5.41) is 9.03. The van der Waals surface area contributed by atoms with E-state index < -0.39 is 0 Å². The van der Waals surface area contributed by atoms with Crippen LogP contribution in [0.1, 0.15) is 20.3 Å². The van der Waals surface area contributed by atoms with Gasteiger partial charge in [0.25, 0.3) is 0 Å². The maximum Gasteiger partial charge on any atom is 0.233 e. The first kappa shape index (κ1) is 17.9. The Balaban J connectivity index is 1.64. The van der Waals surface area contributed by atoms with E-state index in [9.17, 15) is 9.18 Å². The van der Waals surface area contributed by atoms with Crippen molar-refractivity contribution in [1.29, 1.82) is 0 Å². The van der Waals surface area contributed by atoms with Crippen LogP contribution in [-0.2, 0) is 11.8 Å². The van der Waals surface area contributed by atoms with Crippen molar-refractivity contribution in [1.82, 2.24) is 19.7 Å². The number of benzene rings is 1. The number of likely N-dealkylation sites (tertiary alicyclic amines) is 1. The number of hydrogen-bond acceptors (Lipinski definition) is 4. The summed E-state index contributed by atoms with van der Waals surface area (Å²) in [6.45, 7) is 6.06. The smallest absolute Gasteiger partial charge is 0.233 e. The quantitative estimate of drug-likeness (QED) is 0.784. The number of hydrogen-bond donors (Lipinski definition) is 0. The zero-order valence-electron chi connectivity index (χ0n) is 14.8. The zero-order valence-corrected chi connectivity index (χ0v) is 15.6. The zero-order chi connectivity index (χ0) is 18.0. The second-order valence-corrected chi connectivity index (χ2v) is 7.85. The molecule has 1 amide bonds. The summed E-state index contributed by atoms with van der Waals surface area (Å²) in [5.41, 5.74) is 0.799. The van der Waals surface area contributed by atoms with Crippen molar-refractivity contribution < 1.29 is 9.18 Å². The van der Waals surface area contributed by atoms with Gasteiger partial charge in [0, 0.05) is 25.7 Å². The largest absolute Gasteiger partial charge is 0.341 e. The number of aromatic nitrogens is 3. The van der Waals surface area contributed by atoms with Gasteiger partial charge in [-0.1, -0.05) is 25.6 Å². The van der Waals surface area contributed by atoms with Gasteiger partial charge in [-0.15, -0.1) is 10.2 Å². The summed E-state index contributed by atoms with van der Waals surface area (Å²) in [6, 6.07) is 6.16. The van der Waals surface area contributed by atoms with Gasteiger partial charge in [-0.2, -0.15) is 0 Å². The molecule has 3 rings (SSSR count). The van der Waals surface area contributed by atoms with Gasteiger partial charge in [-0.25, -0.2) is 4.39 Å². The Morgan fingerprint density at radius 2 is 1.84 bits per heavy atom. The highest BCUT2D eigenvalue weighted by molar-refractivity contribution is 7.99. The average molecular weight is 362 g/mol. The number of halogens is 1. The van der Waals surface area contributed by atoms with Crippen molar-refractivity contribution in [2.24, 2.45) is 18.9 Å². The molecule has 0 N–H and O–H groups in total. The van der Waals surface area contributed by atoms with E-state index in [1.807, 2.05) is 16.5 Å². The summed E-state index contributed by atoms with van der Waals surface area (Å²) in [6.07, 6.45) is 1.18. The molecule has 0 bridgehead atoms. The van der Waals surface area contributed by atoms with Crippen molar-refractivity contribution in [3.8, 4) is 11.4 Å². The molecule has 0 spiro atoms. The Bertz CT molecular complexity index is 736. The molecule has 2 atom stereocenters. The Morgan fingerprint density at radius 1 is 1.20 bits per heavy atom. The Hall–Kier alpha value is -1.89. The molecule has 5 nitrogen and oxygen atoms in total. The van der Waals surface area contributed by atoms with Crippen molar-refractivity contribution in [3.63, 3.8) is 0 Å². The van der Waals surface area contributed by atoms with Gasteiger partial charge in [0.05, 0.1) is 5.75 Å². The molecule has 0 saturated carbocycles. The third-order valence-electron chi connectivity index (χ3n) is 4.48. The molecular formula is C18H23FN4OS. The molecule has 7 heteroatoms. The summed E-state index contributed by atoms with van der Waals surface area (Å²) in [4.78, 5) is 14.5. The Labute approximate surface area is 151 Å². The number of nitrogens with zero attached hydrogens (tertiary/aromatic N) is 4. The third kappa shape index (κ3) is 4.21. The minimum Gasteiger partial charge on any atom is -0.341 e. The fraction of sp³-hybridized carbons (Fsp3) is 0.500. The molecule has 0 unspecified atom stereocenters. The lowest BCUT2D eigenvalue weighted by atomic mass is 9.92. The monoisotopic (exact) mass is 362 g/mol. The lowest BCUT2D eigenvalue weighted by Gasteiger charge is -2.34. The highest BCUT2D eigenvalue weighted by Gasteiger charge is 2.25. The van der Waals surface area contributed by atoms with E-state index in [0.717, 1.165) is 18.7 Å². The second-order valence-electron chi connectivity index (χ2n) is 6.91. The van der Waals surface area contributed by atoms with Crippen LogP contribution in [0.15, 0.2) is 29.4 Å².